The van der Waals surface area contributed by atoms with E-state index in [0.29, 0.717) is 13.0 Å². The Morgan fingerprint density at radius 3 is 2.62 bits per heavy atom. The predicted molar refractivity (Wildman–Crippen MR) is 60.1 cm³/mol. The maximum absolute atomic E-state index is 11.9. The molecular weight excluding hydrogens is 208 g/mol. The Balaban J connectivity index is 2.65. The minimum Gasteiger partial charge on any atom is -0.480 e. The van der Waals surface area contributed by atoms with Crippen LogP contribution in [0.1, 0.15) is 33.6 Å². The molecule has 0 aliphatic carbocycles. The van der Waals surface area contributed by atoms with E-state index in [2.05, 4.69) is 5.32 Å². The fourth-order valence-electron chi connectivity index (χ4n) is 1.97. The van der Waals surface area contributed by atoms with Crippen molar-refractivity contribution in [2.24, 2.45) is 0 Å². The van der Waals surface area contributed by atoms with Gasteiger partial charge in [-0.15, -0.1) is 0 Å². The van der Waals surface area contributed by atoms with Gasteiger partial charge in [0.05, 0.1) is 6.54 Å². The lowest BCUT2D eigenvalue weighted by Gasteiger charge is -2.31. The van der Waals surface area contributed by atoms with Gasteiger partial charge in [0.1, 0.15) is 5.54 Å². The van der Waals surface area contributed by atoms with Crippen molar-refractivity contribution in [1.82, 2.24) is 10.2 Å². The van der Waals surface area contributed by atoms with Gasteiger partial charge in [-0.2, -0.15) is 0 Å². The first-order valence-electron chi connectivity index (χ1n) is 5.65. The van der Waals surface area contributed by atoms with Gasteiger partial charge in [0.25, 0.3) is 0 Å². The number of rotatable bonds is 4. The fourth-order valence-corrected chi connectivity index (χ4v) is 1.97. The van der Waals surface area contributed by atoms with E-state index in [-0.39, 0.29) is 18.5 Å². The Labute approximate surface area is 95.8 Å². The number of likely N-dealkylation sites (tertiary alicyclic amines) is 1. The summed E-state index contributed by atoms with van der Waals surface area (Å²) in [5, 5.41) is 12.2. The molecule has 0 radical (unpaired) electrons. The highest BCUT2D eigenvalue weighted by Crippen LogP contribution is 2.29. The molecule has 1 atom stereocenters. The highest BCUT2D eigenvalue weighted by Gasteiger charge is 2.45. The van der Waals surface area contributed by atoms with Crippen LogP contribution in [0.15, 0.2) is 0 Å². The van der Waals surface area contributed by atoms with Gasteiger partial charge in [-0.1, -0.05) is 13.8 Å². The van der Waals surface area contributed by atoms with Crippen LogP contribution in [0.5, 0.6) is 0 Å². The number of carbonyl (C=O) groups excluding carboxylic acids is 1. The molecule has 5 nitrogen and oxygen atoms in total. The molecule has 0 spiro atoms. The Bertz CT molecular complexity index is 291. The van der Waals surface area contributed by atoms with Gasteiger partial charge >= 0.3 is 5.97 Å². The van der Waals surface area contributed by atoms with Gasteiger partial charge in [-0.25, -0.2) is 4.79 Å². The minimum atomic E-state index is -1.02. The Kier molecular flexibility index (Phi) is 3.91. The standard InChI is InChI=1S/C11H20N2O3/c1-8(2)12-7-9(14)13-6-4-5-11(13,3)10(15)16/h8,12H,4-7H2,1-3H3,(H,15,16). The molecule has 16 heavy (non-hydrogen) atoms. The number of hydrogen-bond donors (Lipinski definition) is 2. The Morgan fingerprint density at radius 2 is 2.12 bits per heavy atom. The second kappa shape index (κ2) is 4.82. The smallest absolute Gasteiger partial charge is 0.329 e. The monoisotopic (exact) mass is 228 g/mol. The van der Waals surface area contributed by atoms with Crippen molar-refractivity contribution in [1.29, 1.82) is 0 Å². The third kappa shape index (κ3) is 2.52. The number of amides is 1. The molecule has 2 N–H and O–H groups in total. The number of carboxylic acids is 1. The summed E-state index contributed by atoms with van der Waals surface area (Å²) in [6, 6.07) is 0.225. The first kappa shape index (κ1) is 13.0. The van der Waals surface area contributed by atoms with Crippen molar-refractivity contribution < 1.29 is 14.7 Å². The maximum atomic E-state index is 11.9. The first-order valence-corrected chi connectivity index (χ1v) is 5.65. The van der Waals surface area contributed by atoms with Gasteiger partial charge in [-0.3, -0.25) is 4.79 Å². The van der Waals surface area contributed by atoms with Crippen molar-refractivity contribution >= 4 is 11.9 Å². The average Bonchev–Trinajstić information content (AvgIpc) is 2.58. The van der Waals surface area contributed by atoms with Crippen molar-refractivity contribution in [2.75, 3.05) is 13.1 Å². The van der Waals surface area contributed by atoms with Crippen LogP contribution in [-0.2, 0) is 9.59 Å². The lowest BCUT2D eigenvalue weighted by Crippen LogP contribution is -2.53. The molecule has 0 aromatic rings. The van der Waals surface area contributed by atoms with Crippen LogP contribution in [0.25, 0.3) is 0 Å². The summed E-state index contributed by atoms with van der Waals surface area (Å²) in [7, 11) is 0. The van der Waals surface area contributed by atoms with Crippen LogP contribution < -0.4 is 5.32 Å². The summed E-state index contributed by atoms with van der Waals surface area (Å²) in [4.78, 5) is 24.5. The number of nitrogens with one attached hydrogen (secondary N) is 1. The number of hydrogen-bond acceptors (Lipinski definition) is 3. The van der Waals surface area contributed by atoms with Gasteiger partial charge in [-0.05, 0) is 19.8 Å². The van der Waals surface area contributed by atoms with Crippen LogP contribution in [0.2, 0.25) is 0 Å². The molecule has 1 rings (SSSR count). The normalized spacial score (nSPS) is 25.1. The van der Waals surface area contributed by atoms with E-state index in [1.54, 1.807) is 6.92 Å². The van der Waals surface area contributed by atoms with Crippen LogP contribution >= 0.6 is 0 Å². The lowest BCUT2D eigenvalue weighted by molar-refractivity contribution is -0.155. The number of carbonyl (C=O) groups is 2. The summed E-state index contributed by atoms with van der Waals surface area (Å²) in [6.45, 7) is 6.28. The van der Waals surface area contributed by atoms with Crippen LogP contribution in [0, 0.1) is 0 Å². The zero-order valence-corrected chi connectivity index (χ0v) is 10.1. The molecule has 1 heterocycles. The highest BCUT2D eigenvalue weighted by molar-refractivity contribution is 5.88. The topological polar surface area (TPSA) is 69.6 Å². The second-order valence-corrected chi connectivity index (χ2v) is 4.76. The molecule has 1 saturated heterocycles. The zero-order chi connectivity index (χ0) is 12.3. The Hall–Kier alpha value is -1.10. The van der Waals surface area contributed by atoms with E-state index in [4.69, 9.17) is 5.11 Å². The summed E-state index contributed by atoms with van der Waals surface area (Å²) in [5.41, 5.74) is -1.02. The molecule has 92 valence electrons. The molecule has 5 heteroatoms. The molecule has 1 aliphatic rings. The molecule has 1 unspecified atom stereocenters. The van der Waals surface area contributed by atoms with Crippen LogP contribution in [0.3, 0.4) is 0 Å². The second-order valence-electron chi connectivity index (χ2n) is 4.76. The van der Waals surface area contributed by atoms with Crippen molar-refractivity contribution in [3.8, 4) is 0 Å². The molecule has 0 aromatic carbocycles. The predicted octanol–water partition coefficient (Wildman–Crippen LogP) is 0.450. The molecule has 0 bridgehead atoms. The van der Waals surface area contributed by atoms with Crippen molar-refractivity contribution in [2.45, 2.75) is 45.2 Å². The molecular formula is C11H20N2O3. The summed E-state index contributed by atoms with van der Waals surface area (Å²) in [6.07, 6.45) is 1.30. The van der Waals surface area contributed by atoms with E-state index < -0.39 is 11.5 Å². The fraction of sp³-hybridized carbons (Fsp3) is 0.818. The lowest BCUT2D eigenvalue weighted by atomic mass is 9.99. The molecule has 1 amide bonds. The average molecular weight is 228 g/mol. The SMILES string of the molecule is CC(C)NCC(=O)N1CCCC1(C)C(=O)O. The van der Waals surface area contributed by atoms with Gasteiger partial charge in [0.15, 0.2) is 0 Å². The summed E-state index contributed by atoms with van der Waals surface area (Å²) < 4.78 is 0. The zero-order valence-electron chi connectivity index (χ0n) is 10.1. The van der Waals surface area contributed by atoms with E-state index in [9.17, 15) is 9.59 Å². The van der Waals surface area contributed by atoms with Crippen LogP contribution in [0.4, 0.5) is 0 Å². The van der Waals surface area contributed by atoms with E-state index in [1.165, 1.54) is 4.90 Å². The number of aliphatic carboxylic acids is 1. The van der Waals surface area contributed by atoms with Gasteiger partial charge in [0.2, 0.25) is 5.91 Å². The highest BCUT2D eigenvalue weighted by atomic mass is 16.4. The summed E-state index contributed by atoms with van der Waals surface area (Å²) >= 11 is 0. The molecule has 0 aromatic heterocycles. The van der Waals surface area contributed by atoms with Gasteiger partial charge < -0.3 is 15.3 Å². The number of nitrogens with zero attached hydrogens (tertiary/aromatic N) is 1. The number of carboxylic acid groups (broad SMARTS) is 1. The minimum absolute atomic E-state index is 0.129. The Morgan fingerprint density at radius 1 is 1.50 bits per heavy atom. The third-order valence-corrected chi connectivity index (χ3v) is 3.06. The molecule has 1 aliphatic heterocycles. The largest absolute Gasteiger partial charge is 0.480 e. The van der Waals surface area contributed by atoms with Crippen LogP contribution in [-0.4, -0.2) is 46.6 Å². The van der Waals surface area contributed by atoms with Gasteiger partial charge in [0, 0.05) is 12.6 Å². The molecule has 0 saturated carbocycles. The quantitative estimate of drug-likeness (QED) is 0.733. The van der Waals surface area contributed by atoms with Crippen molar-refractivity contribution in [3.05, 3.63) is 0 Å². The maximum Gasteiger partial charge on any atom is 0.329 e. The van der Waals surface area contributed by atoms with E-state index in [0.717, 1.165) is 6.42 Å². The van der Waals surface area contributed by atoms with E-state index >= 15 is 0 Å². The third-order valence-electron chi connectivity index (χ3n) is 3.06. The first-order chi connectivity index (χ1) is 7.38. The molecule has 1 fully saturated rings. The van der Waals surface area contributed by atoms with E-state index in [1.807, 2.05) is 13.8 Å². The van der Waals surface area contributed by atoms with Crippen molar-refractivity contribution in [3.63, 3.8) is 0 Å². The summed E-state index contributed by atoms with van der Waals surface area (Å²) in [5.74, 6) is -1.04.